The van der Waals surface area contributed by atoms with Crippen molar-refractivity contribution in [3.63, 3.8) is 0 Å². The standard InChI is InChI=1S/C21H30N4O4/c26-19-5-1-2-7-24(19)16-20(27)25-10-13-29-18(15-23-8-11-28-12-9-23)21(25)17-4-3-6-22-14-17/h3-4,6,14,18,21H,1-2,5,7-13,15-16H2/t18-,21-/m0/s1. The summed E-state index contributed by atoms with van der Waals surface area (Å²) in [4.78, 5) is 35.7. The first-order valence-corrected chi connectivity index (χ1v) is 10.6. The van der Waals surface area contributed by atoms with E-state index in [1.807, 2.05) is 23.2 Å². The number of hydrogen-bond donors (Lipinski definition) is 0. The van der Waals surface area contributed by atoms with Crippen LogP contribution in [-0.4, -0.2) is 96.7 Å². The van der Waals surface area contributed by atoms with E-state index < -0.39 is 0 Å². The Morgan fingerprint density at radius 1 is 1.14 bits per heavy atom. The van der Waals surface area contributed by atoms with Crippen LogP contribution < -0.4 is 0 Å². The number of piperidine rings is 1. The summed E-state index contributed by atoms with van der Waals surface area (Å²) in [5.41, 5.74) is 0.976. The summed E-state index contributed by atoms with van der Waals surface area (Å²) in [6.45, 7) is 5.80. The van der Waals surface area contributed by atoms with Crippen LogP contribution in [0.15, 0.2) is 24.5 Å². The van der Waals surface area contributed by atoms with Gasteiger partial charge in [-0.15, -0.1) is 0 Å². The van der Waals surface area contributed by atoms with Gasteiger partial charge in [0.2, 0.25) is 11.8 Å². The third-order valence-corrected chi connectivity index (χ3v) is 5.99. The second-order valence-electron chi connectivity index (χ2n) is 7.91. The second kappa shape index (κ2) is 9.65. The Morgan fingerprint density at radius 2 is 2.00 bits per heavy atom. The fourth-order valence-corrected chi connectivity index (χ4v) is 4.43. The SMILES string of the molecule is O=C1CCCCN1CC(=O)N1CCO[C@@H](CN2CCOCC2)[C@@H]1c1cccnc1. The van der Waals surface area contributed by atoms with E-state index in [0.29, 0.717) is 26.1 Å². The molecule has 8 heteroatoms. The van der Waals surface area contributed by atoms with Crippen LogP contribution in [0.4, 0.5) is 0 Å². The highest BCUT2D eigenvalue weighted by atomic mass is 16.5. The molecule has 0 spiro atoms. The zero-order valence-electron chi connectivity index (χ0n) is 16.9. The van der Waals surface area contributed by atoms with Gasteiger partial charge in [-0.05, 0) is 24.5 Å². The smallest absolute Gasteiger partial charge is 0.242 e. The zero-order valence-corrected chi connectivity index (χ0v) is 16.9. The average molecular weight is 402 g/mol. The van der Waals surface area contributed by atoms with Gasteiger partial charge >= 0.3 is 0 Å². The number of morpholine rings is 2. The Hall–Kier alpha value is -2.03. The van der Waals surface area contributed by atoms with E-state index in [0.717, 1.165) is 51.3 Å². The molecule has 0 aromatic carbocycles. The third-order valence-electron chi connectivity index (χ3n) is 5.99. The predicted octanol–water partition coefficient (Wildman–Crippen LogP) is 0.695. The Morgan fingerprint density at radius 3 is 2.76 bits per heavy atom. The quantitative estimate of drug-likeness (QED) is 0.722. The highest BCUT2D eigenvalue weighted by Gasteiger charge is 2.38. The molecule has 4 rings (SSSR count). The van der Waals surface area contributed by atoms with E-state index in [9.17, 15) is 9.59 Å². The molecular weight excluding hydrogens is 372 g/mol. The molecule has 29 heavy (non-hydrogen) atoms. The van der Waals surface area contributed by atoms with Crippen molar-refractivity contribution in [3.8, 4) is 0 Å². The number of hydrogen-bond acceptors (Lipinski definition) is 6. The first-order chi connectivity index (χ1) is 14.2. The van der Waals surface area contributed by atoms with Crippen LogP contribution >= 0.6 is 0 Å². The van der Waals surface area contributed by atoms with Crippen molar-refractivity contribution in [2.45, 2.75) is 31.4 Å². The van der Waals surface area contributed by atoms with Crippen LogP contribution in [0.25, 0.3) is 0 Å². The van der Waals surface area contributed by atoms with Gasteiger partial charge in [0, 0.05) is 51.5 Å². The average Bonchev–Trinajstić information content (AvgIpc) is 2.76. The molecule has 2 amide bonds. The van der Waals surface area contributed by atoms with Crippen LogP contribution in [0.3, 0.4) is 0 Å². The van der Waals surface area contributed by atoms with E-state index in [1.54, 1.807) is 11.1 Å². The number of nitrogens with zero attached hydrogens (tertiary/aromatic N) is 4. The molecule has 0 aliphatic carbocycles. The minimum Gasteiger partial charge on any atom is -0.379 e. The molecule has 0 bridgehead atoms. The molecule has 0 unspecified atom stereocenters. The monoisotopic (exact) mass is 402 g/mol. The maximum atomic E-state index is 13.3. The van der Waals surface area contributed by atoms with E-state index >= 15 is 0 Å². The lowest BCUT2D eigenvalue weighted by atomic mass is 9.98. The summed E-state index contributed by atoms with van der Waals surface area (Å²) in [5, 5.41) is 0. The Balaban J connectivity index is 1.52. The molecule has 3 aliphatic heterocycles. The number of carbonyl (C=O) groups is 2. The molecule has 0 N–H and O–H groups in total. The molecule has 4 heterocycles. The first-order valence-electron chi connectivity index (χ1n) is 10.6. The van der Waals surface area contributed by atoms with Gasteiger partial charge in [-0.25, -0.2) is 0 Å². The van der Waals surface area contributed by atoms with Gasteiger partial charge in [-0.3, -0.25) is 19.5 Å². The summed E-state index contributed by atoms with van der Waals surface area (Å²) in [6.07, 6.45) is 5.85. The van der Waals surface area contributed by atoms with Crippen LogP contribution in [0.5, 0.6) is 0 Å². The summed E-state index contributed by atoms with van der Waals surface area (Å²) < 4.78 is 11.6. The molecule has 3 aliphatic rings. The number of aromatic nitrogens is 1. The fourth-order valence-electron chi connectivity index (χ4n) is 4.43. The van der Waals surface area contributed by atoms with E-state index in [1.165, 1.54) is 0 Å². The van der Waals surface area contributed by atoms with E-state index in [2.05, 4.69) is 9.88 Å². The van der Waals surface area contributed by atoms with Crippen molar-refractivity contribution >= 4 is 11.8 Å². The summed E-state index contributed by atoms with van der Waals surface area (Å²) >= 11 is 0. The van der Waals surface area contributed by atoms with Crippen molar-refractivity contribution < 1.29 is 19.1 Å². The molecule has 1 aromatic heterocycles. The number of likely N-dealkylation sites (tertiary alicyclic amines) is 1. The molecule has 2 atom stereocenters. The minimum absolute atomic E-state index is 0.00983. The molecular formula is C21H30N4O4. The third kappa shape index (κ3) is 4.94. The molecule has 0 saturated carbocycles. The van der Waals surface area contributed by atoms with Crippen molar-refractivity contribution in [2.75, 3.05) is 59.1 Å². The van der Waals surface area contributed by atoms with Gasteiger partial charge in [-0.1, -0.05) is 6.07 Å². The highest BCUT2D eigenvalue weighted by molar-refractivity contribution is 5.85. The largest absolute Gasteiger partial charge is 0.379 e. The van der Waals surface area contributed by atoms with Crippen molar-refractivity contribution in [2.24, 2.45) is 0 Å². The number of ether oxygens (including phenoxy) is 2. The number of carbonyl (C=O) groups excluding carboxylic acids is 2. The van der Waals surface area contributed by atoms with Gasteiger partial charge < -0.3 is 19.3 Å². The molecule has 3 fully saturated rings. The lowest BCUT2D eigenvalue weighted by Gasteiger charge is -2.44. The lowest BCUT2D eigenvalue weighted by molar-refractivity contribution is -0.154. The van der Waals surface area contributed by atoms with Crippen LogP contribution in [0.1, 0.15) is 30.9 Å². The summed E-state index contributed by atoms with van der Waals surface area (Å²) in [5.74, 6) is 0.0741. The topological polar surface area (TPSA) is 75.2 Å². The van der Waals surface area contributed by atoms with Gasteiger partial charge in [0.05, 0.1) is 38.5 Å². The Bertz CT molecular complexity index is 695. The number of amides is 2. The Labute approximate surface area is 171 Å². The highest BCUT2D eigenvalue weighted by Crippen LogP contribution is 2.30. The van der Waals surface area contributed by atoms with Crippen LogP contribution in [0, 0.1) is 0 Å². The normalized spacial score (nSPS) is 26.6. The number of rotatable bonds is 5. The Kier molecular flexibility index (Phi) is 6.74. The fraction of sp³-hybridized carbons (Fsp3) is 0.667. The predicted molar refractivity (Wildman–Crippen MR) is 106 cm³/mol. The van der Waals surface area contributed by atoms with Crippen LogP contribution in [0.2, 0.25) is 0 Å². The second-order valence-corrected chi connectivity index (χ2v) is 7.91. The summed E-state index contributed by atoms with van der Waals surface area (Å²) in [7, 11) is 0. The van der Waals surface area contributed by atoms with Crippen LogP contribution in [-0.2, 0) is 19.1 Å². The molecule has 8 nitrogen and oxygen atoms in total. The first kappa shape index (κ1) is 20.3. The summed E-state index contributed by atoms with van der Waals surface area (Å²) in [6, 6.07) is 3.70. The van der Waals surface area contributed by atoms with Gasteiger partial charge in [0.1, 0.15) is 0 Å². The zero-order chi connectivity index (χ0) is 20.1. The molecule has 158 valence electrons. The van der Waals surface area contributed by atoms with Crippen molar-refractivity contribution in [3.05, 3.63) is 30.1 Å². The van der Waals surface area contributed by atoms with Gasteiger partial charge in [-0.2, -0.15) is 0 Å². The maximum Gasteiger partial charge on any atom is 0.242 e. The van der Waals surface area contributed by atoms with Gasteiger partial charge in [0.15, 0.2) is 0 Å². The lowest BCUT2D eigenvalue weighted by Crippen LogP contribution is -2.55. The maximum absolute atomic E-state index is 13.3. The molecule has 1 aromatic rings. The van der Waals surface area contributed by atoms with Crippen molar-refractivity contribution in [1.29, 1.82) is 0 Å². The number of pyridine rings is 1. The minimum atomic E-state index is -0.201. The molecule has 0 radical (unpaired) electrons. The molecule has 3 saturated heterocycles. The van der Waals surface area contributed by atoms with E-state index in [-0.39, 0.29) is 30.5 Å². The van der Waals surface area contributed by atoms with Gasteiger partial charge in [0.25, 0.3) is 0 Å². The van der Waals surface area contributed by atoms with E-state index in [4.69, 9.17) is 9.47 Å². The van der Waals surface area contributed by atoms with Crippen molar-refractivity contribution in [1.82, 2.24) is 19.7 Å².